The van der Waals surface area contributed by atoms with Gasteiger partial charge < -0.3 is 19.3 Å². The van der Waals surface area contributed by atoms with Crippen molar-refractivity contribution in [2.24, 2.45) is 5.92 Å². The molecule has 8 nitrogen and oxygen atoms in total. The summed E-state index contributed by atoms with van der Waals surface area (Å²) >= 11 is 3.47. The third-order valence-corrected chi connectivity index (χ3v) is 6.75. The maximum atomic E-state index is 12.6. The number of hydrogen-bond acceptors (Lipinski definition) is 7. The maximum absolute atomic E-state index is 12.6. The molecule has 1 aliphatic rings. The van der Waals surface area contributed by atoms with Gasteiger partial charge in [0.1, 0.15) is 0 Å². The van der Waals surface area contributed by atoms with E-state index in [4.69, 9.17) is 14.0 Å². The molecule has 0 radical (unpaired) electrons. The van der Waals surface area contributed by atoms with Gasteiger partial charge in [-0.15, -0.1) is 0 Å². The Morgan fingerprint density at radius 3 is 2.69 bits per heavy atom. The first-order valence-corrected chi connectivity index (χ1v) is 12.6. The van der Waals surface area contributed by atoms with Crippen molar-refractivity contribution in [3.05, 3.63) is 58.4 Å². The van der Waals surface area contributed by atoms with Crippen LogP contribution in [-0.4, -0.2) is 54.8 Å². The number of nitrogens with zero attached hydrogens (tertiary/aromatic N) is 3. The fraction of sp³-hybridized carbons (Fsp3) is 0.423. The Balaban J connectivity index is 1.17. The van der Waals surface area contributed by atoms with Crippen LogP contribution in [0.3, 0.4) is 0 Å². The van der Waals surface area contributed by atoms with Crippen LogP contribution in [0, 0.1) is 5.92 Å². The molecule has 1 aromatic heterocycles. The van der Waals surface area contributed by atoms with Gasteiger partial charge in [0.25, 0.3) is 0 Å². The van der Waals surface area contributed by atoms with E-state index in [1.165, 1.54) is 0 Å². The predicted octanol–water partition coefficient (Wildman–Crippen LogP) is 4.48. The van der Waals surface area contributed by atoms with Crippen molar-refractivity contribution in [1.82, 2.24) is 20.4 Å². The Hall–Kier alpha value is -2.91. The standard InChI is InChI=1S/C26H31BrN4O4/c1-33-22-9-8-18(15-23(22)34-2)5-4-12-28-26(32)19-10-13-31(14-11-19)17-24-29-25(30-35-24)20-6-3-7-21(27)16-20/h3,6-9,15-16,19H,4-5,10-14,17H2,1-2H3,(H,28,32). The molecule has 1 N–H and O–H groups in total. The van der Waals surface area contributed by atoms with Crippen molar-refractivity contribution >= 4 is 21.8 Å². The van der Waals surface area contributed by atoms with E-state index >= 15 is 0 Å². The number of aromatic nitrogens is 2. The van der Waals surface area contributed by atoms with Crippen molar-refractivity contribution in [3.63, 3.8) is 0 Å². The zero-order valence-corrected chi connectivity index (χ0v) is 21.7. The summed E-state index contributed by atoms with van der Waals surface area (Å²) in [5.74, 6) is 2.83. The number of rotatable bonds is 10. The number of aryl methyl sites for hydroxylation is 1. The van der Waals surface area contributed by atoms with Crippen LogP contribution in [0.15, 0.2) is 51.5 Å². The maximum Gasteiger partial charge on any atom is 0.241 e. The van der Waals surface area contributed by atoms with E-state index in [1.807, 2.05) is 42.5 Å². The lowest BCUT2D eigenvalue weighted by Crippen LogP contribution is -2.40. The molecule has 1 amide bonds. The lowest BCUT2D eigenvalue weighted by atomic mass is 9.96. The summed E-state index contributed by atoms with van der Waals surface area (Å²) < 4.78 is 17.1. The Bertz CT molecular complexity index is 1130. The SMILES string of the molecule is COc1ccc(CCCNC(=O)C2CCN(Cc3nc(-c4cccc(Br)c4)no3)CC2)cc1OC. The number of nitrogens with one attached hydrogen (secondary N) is 1. The van der Waals surface area contributed by atoms with Crippen molar-refractivity contribution in [3.8, 4) is 22.9 Å². The zero-order chi connectivity index (χ0) is 24.6. The van der Waals surface area contributed by atoms with Gasteiger partial charge in [0.2, 0.25) is 17.6 Å². The highest BCUT2D eigenvalue weighted by Crippen LogP contribution is 2.28. The van der Waals surface area contributed by atoms with E-state index < -0.39 is 0 Å². The molecule has 35 heavy (non-hydrogen) atoms. The second kappa shape index (κ2) is 12.2. The molecular weight excluding hydrogens is 512 g/mol. The largest absolute Gasteiger partial charge is 0.493 e. The Morgan fingerprint density at radius 1 is 1.14 bits per heavy atom. The van der Waals surface area contributed by atoms with Gasteiger partial charge in [-0.3, -0.25) is 9.69 Å². The highest BCUT2D eigenvalue weighted by Gasteiger charge is 2.25. The third-order valence-electron chi connectivity index (χ3n) is 6.26. The van der Waals surface area contributed by atoms with Crippen molar-refractivity contribution < 1.29 is 18.8 Å². The third kappa shape index (κ3) is 6.82. The Kier molecular flexibility index (Phi) is 8.76. The minimum atomic E-state index is 0.0484. The monoisotopic (exact) mass is 542 g/mol. The Morgan fingerprint density at radius 2 is 1.94 bits per heavy atom. The minimum Gasteiger partial charge on any atom is -0.493 e. The lowest BCUT2D eigenvalue weighted by Gasteiger charge is -2.30. The number of amides is 1. The van der Waals surface area contributed by atoms with Crippen LogP contribution in [0.5, 0.6) is 11.5 Å². The molecule has 9 heteroatoms. The smallest absolute Gasteiger partial charge is 0.241 e. The first-order chi connectivity index (χ1) is 17.1. The summed E-state index contributed by atoms with van der Waals surface area (Å²) in [5, 5.41) is 7.21. The first kappa shape index (κ1) is 25.2. The number of halogens is 1. The summed E-state index contributed by atoms with van der Waals surface area (Å²) in [7, 11) is 3.26. The average Bonchev–Trinajstić information content (AvgIpc) is 3.35. The van der Waals surface area contributed by atoms with Gasteiger partial charge in [0.05, 0.1) is 20.8 Å². The van der Waals surface area contributed by atoms with E-state index in [2.05, 4.69) is 36.3 Å². The molecular formula is C26H31BrN4O4. The number of hydrogen-bond donors (Lipinski definition) is 1. The Labute approximate surface area is 214 Å². The normalized spacial score (nSPS) is 14.6. The molecule has 186 valence electrons. The zero-order valence-electron chi connectivity index (χ0n) is 20.1. The van der Waals surface area contributed by atoms with Crippen LogP contribution in [0.1, 0.15) is 30.7 Å². The quantitative estimate of drug-likeness (QED) is 0.378. The number of piperidine rings is 1. The fourth-order valence-electron chi connectivity index (χ4n) is 4.29. The lowest BCUT2D eigenvalue weighted by molar-refractivity contribution is -0.126. The van der Waals surface area contributed by atoms with Crippen molar-refractivity contribution in [2.75, 3.05) is 33.9 Å². The van der Waals surface area contributed by atoms with Gasteiger partial charge in [-0.2, -0.15) is 4.98 Å². The van der Waals surface area contributed by atoms with E-state index in [9.17, 15) is 4.79 Å². The van der Waals surface area contributed by atoms with Gasteiger partial charge in [-0.05, 0) is 68.6 Å². The van der Waals surface area contributed by atoms with Crippen molar-refractivity contribution in [1.29, 1.82) is 0 Å². The fourth-order valence-corrected chi connectivity index (χ4v) is 4.69. The topological polar surface area (TPSA) is 89.7 Å². The average molecular weight is 543 g/mol. The molecule has 0 bridgehead atoms. The predicted molar refractivity (Wildman–Crippen MR) is 136 cm³/mol. The number of ether oxygens (including phenoxy) is 2. The van der Waals surface area contributed by atoms with Crippen LogP contribution in [0.4, 0.5) is 0 Å². The summed E-state index contributed by atoms with van der Waals surface area (Å²) in [6.45, 7) is 2.92. The summed E-state index contributed by atoms with van der Waals surface area (Å²) in [5.41, 5.74) is 2.07. The molecule has 2 heterocycles. The molecule has 2 aromatic carbocycles. The van der Waals surface area contributed by atoms with E-state index in [0.717, 1.165) is 65.9 Å². The summed E-state index contributed by atoms with van der Waals surface area (Å²) in [4.78, 5) is 19.4. The number of benzene rings is 2. The molecule has 1 fully saturated rings. The molecule has 3 aromatic rings. The van der Waals surface area contributed by atoms with Crippen LogP contribution in [0.25, 0.3) is 11.4 Å². The summed E-state index contributed by atoms with van der Waals surface area (Å²) in [6, 6.07) is 13.8. The summed E-state index contributed by atoms with van der Waals surface area (Å²) in [6.07, 6.45) is 3.39. The molecule has 0 spiro atoms. The van der Waals surface area contributed by atoms with Crippen LogP contribution in [0.2, 0.25) is 0 Å². The van der Waals surface area contributed by atoms with E-state index in [0.29, 0.717) is 24.8 Å². The van der Waals surface area contributed by atoms with Crippen LogP contribution < -0.4 is 14.8 Å². The molecule has 0 saturated carbocycles. The molecule has 0 unspecified atom stereocenters. The number of carbonyl (C=O) groups excluding carboxylic acids is 1. The van der Waals surface area contributed by atoms with Gasteiger partial charge >= 0.3 is 0 Å². The van der Waals surface area contributed by atoms with Gasteiger partial charge in [0, 0.05) is 22.5 Å². The molecule has 1 saturated heterocycles. The van der Waals surface area contributed by atoms with E-state index in [1.54, 1.807) is 14.2 Å². The second-order valence-electron chi connectivity index (χ2n) is 8.66. The van der Waals surface area contributed by atoms with E-state index in [-0.39, 0.29) is 11.8 Å². The van der Waals surface area contributed by atoms with Crippen LogP contribution >= 0.6 is 15.9 Å². The second-order valence-corrected chi connectivity index (χ2v) is 9.57. The van der Waals surface area contributed by atoms with Gasteiger partial charge in [0.15, 0.2) is 11.5 Å². The number of likely N-dealkylation sites (tertiary alicyclic amines) is 1. The minimum absolute atomic E-state index is 0.0484. The molecule has 4 rings (SSSR count). The molecule has 0 aliphatic carbocycles. The van der Waals surface area contributed by atoms with Gasteiger partial charge in [-0.25, -0.2) is 0 Å². The van der Waals surface area contributed by atoms with Crippen molar-refractivity contribution in [2.45, 2.75) is 32.2 Å². The highest BCUT2D eigenvalue weighted by atomic mass is 79.9. The molecule has 0 atom stereocenters. The number of methoxy groups -OCH3 is 2. The highest BCUT2D eigenvalue weighted by molar-refractivity contribution is 9.10. The van der Waals surface area contributed by atoms with Crippen LogP contribution in [-0.2, 0) is 17.8 Å². The first-order valence-electron chi connectivity index (χ1n) is 11.8. The molecule has 1 aliphatic heterocycles. The number of carbonyl (C=O) groups is 1. The van der Waals surface area contributed by atoms with Gasteiger partial charge in [-0.1, -0.05) is 39.3 Å².